The summed E-state index contributed by atoms with van der Waals surface area (Å²) in [7, 11) is -0.822. The summed E-state index contributed by atoms with van der Waals surface area (Å²) in [6.07, 6.45) is 2.04. The molecule has 134 valence electrons. The van der Waals surface area contributed by atoms with E-state index in [1.54, 1.807) is 16.2 Å². The van der Waals surface area contributed by atoms with Crippen LogP contribution in [0.25, 0.3) is 0 Å². The van der Waals surface area contributed by atoms with Crippen molar-refractivity contribution < 1.29 is 13.2 Å². The van der Waals surface area contributed by atoms with Gasteiger partial charge in [0, 0.05) is 44.3 Å². The molecule has 1 amide bonds. The highest BCUT2D eigenvalue weighted by Crippen LogP contribution is 2.24. The fraction of sp³-hybridized carbons (Fsp3) is 0.375. The first-order valence-corrected chi connectivity index (χ1v) is 10.1. The second-order valence-corrected chi connectivity index (χ2v) is 9.21. The molecule has 1 aliphatic heterocycles. The van der Waals surface area contributed by atoms with Gasteiger partial charge in [0.25, 0.3) is 5.56 Å². The van der Waals surface area contributed by atoms with Crippen LogP contribution in [0.4, 0.5) is 0 Å². The zero-order chi connectivity index (χ0) is 18.2. The lowest BCUT2D eigenvalue weighted by Gasteiger charge is -2.27. The number of amides is 1. The molecular weight excluding hydrogens is 362 g/mol. The molecule has 0 aromatic carbocycles. The third-order valence-corrected chi connectivity index (χ3v) is 7.02. The maximum absolute atomic E-state index is 12.6. The fourth-order valence-electron chi connectivity index (χ4n) is 2.70. The third kappa shape index (κ3) is 3.53. The highest BCUT2D eigenvalue weighted by molar-refractivity contribution is 7.89. The van der Waals surface area contributed by atoms with Crippen molar-refractivity contribution in [1.29, 1.82) is 0 Å². The Hall–Kier alpha value is -1.97. The molecule has 3 rings (SSSR count). The van der Waals surface area contributed by atoms with Crippen molar-refractivity contribution in [3.63, 3.8) is 0 Å². The van der Waals surface area contributed by atoms with Gasteiger partial charge in [-0.3, -0.25) is 9.59 Å². The van der Waals surface area contributed by atoms with Gasteiger partial charge in [0.15, 0.2) is 0 Å². The van der Waals surface area contributed by atoms with Gasteiger partial charge in [-0.05, 0) is 29.5 Å². The first-order valence-electron chi connectivity index (χ1n) is 7.75. The van der Waals surface area contributed by atoms with Crippen molar-refractivity contribution in [2.24, 2.45) is 0 Å². The number of aromatic nitrogens is 1. The summed E-state index contributed by atoms with van der Waals surface area (Å²) in [6, 6.07) is 4.45. The van der Waals surface area contributed by atoms with Crippen molar-refractivity contribution in [3.05, 3.63) is 50.6 Å². The van der Waals surface area contributed by atoms with Gasteiger partial charge in [0.1, 0.15) is 6.54 Å². The molecule has 0 spiro atoms. The van der Waals surface area contributed by atoms with Crippen molar-refractivity contribution in [2.45, 2.75) is 24.4 Å². The van der Waals surface area contributed by atoms with E-state index in [1.807, 2.05) is 11.4 Å². The maximum atomic E-state index is 12.6. The summed E-state index contributed by atoms with van der Waals surface area (Å²) in [5.74, 6) is -0.196. The number of fused-ring (bicyclic) bond motifs is 1. The van der Waals surface area contributed by atoms with Crippen molar-refractivity contribution in [2.75, 3.05) is 20.6 Å². The molecule has 0 unspecified atom stereocenters. The summed E-state index contributed by atoms with van der Waals surface area (Å²) < 4.78 is 26.6. The molecule has 1 aliphatic rings. The van der Waals surface area contributed by atoms with E-state index in [0.717, 1.165) is 20.9 Å². The number of nitrogens with zero attached hydrogens (tertiary/aromatic N) is 3. The van der Waals surface area contributed by atoms with E-state index in [1.165, 1.54) is 37.3 Å². The monoisotopic (exact) mass is 381 g/mol. The minimum absolute atomic E-state index is 0.0105. The Kier molecular flexibility index (Phi) is 4.81. The van der Waals surface area contributed by atoms with Crippen LogP contribution in [0.1, 0.15) is 10.4 Å². The number of hydrogen-bond donors (Lipinski definition) is 0. The van der Waals surface area contributed by atoms with Gasteiger partial charge < -0.3 is 9.47 Å². The van der Waals surface area contributed by atoms with Crippen LogP contribution in [0, 0.1) is 0 Å². The molecule has 0 N–H and O–H groups in total. The van der Waals surface area contributed by atoms with Gasteiger partial charge in [-0.25, -0.2) is 12.7 Å². The predicted octanol–water partition coefficient (Wildman–Crippen LogP) is 0.745. The van der Waals surface area contributed by atoms with Gasteiger partial charge in [0.05, 0.1) is 4.90 Å². The highest BCUT2D eigenvalue weighted by atomic mass is 32.2. The predicted molar refractivity (Wildman–Crippen MR) is 95.0 cm³/mol. The van der Waals surface area contributed by atoms with Crippen LogP contribution in [0.5, 0.6) is 0 Å². The average molecular weight is 381 g/mol. The van der Waals surface area contributed by atoms with Crippen LogP contribution in [-0.2, 0) is 34.3 Å². The SMILES string of the molecule is CN(C)S(=O)(=O)c1ccc(=O)n(CC(=O)N2CCc3sccc3C2)c1. The van der Waals surface area contributed by atoms with Crippen LogP contribution in [0.3, 0.4) is 0 Å². The van der Waals surface area contributed by atoms with Crippen LogP contribution in [0.15, 0.2) is 39.5 Å². The lowest BCUT2D eigenvalue weighted by Crippen LogP contribution is -2.39. The average Bonchev–Trinajstić information content (AvgIpc) is 3.04. The molecule has 0 aliphatic carbocycles. The molecule has 3 heterocycles. The first-order chi connectivity index (χ1) is 11.8. The largest absolute Gasteiger partial charge is 0.336 e. The summed E-state index contributed by atoms with van der Waals surface area (Å²) in [4.78, 5) is 27.6. The maximum Gasteiger partial charge on any atom is 0.251 e. The van der Waals surface area contributed by atoms with E-state index >= 15 is 0 Å². The molecule has 0 fully saturated rings. The highest BCUT2D eigenvalue weighted by Gasteiger charge is 2.23. The number of sulfonamides is 1. The fourth-order valence-corrected chi connectivity index (χ4v) is 4.52. The van der Waals surface area contributed by atoms with Gasteiger partial charge in [0.2, 0.25) is 15.9 Å². The third-order valence-electron chi connectivity index (χ3n) is 4.20. The molecule has 0 saturated carbocycles. The number of thiophene rings is 1. The number of hydrogen-bond acceptors (Lipinski definition) is 5. The lowest BCUT2D eigenvalue weighted by molar-refractivity contribution is -0.132. The molecule has 0 atom stereocenters. The topological polar surface area (TPSA) is 79.7 Å². The normalized spacial score (nSPS) is 14.6. The number of carbonyl (C=O) groups excluding carboxylic acids is 1. The second-order valence-electron chi connectivity index (χ2n) is 6.05. The summed E-state index contributed by atoms with van der Waals surface area (Å²) in [5, 5.41) is 2.01. The summed E-state index contributed by atoms with van der Waals surface area (Å²) in [6.45, 7) is 0.966. The quantitative estimate of drug-likeness (QED) is 0.783. The van der Waals surface area contributed by atoms with Gasteiger partial charge in [-0.2, -0.15) is 0 Å². The standard InChI is InChI=1S/C16H19N3O4S2/c1-17(2)25(22,23)13-3-4-15(20)19(10-13)11-16(21)18-7-5-14-12(9-18)6-8-24-14/h3-4,6,8,10H,5,7,9,11H2,1-2H3. The molecule has 25 heavy (non-hydrogen) atoms. The molecule has 7 nitrogen and oxygen atoms in total. The number of rotatable bonds is 4. The smallest absolute Gasteiger partial charge is 0.251 e. The van der Waals surface area contributed by atoms with E-state index in [2.05, 4.69) is 0 Å². The summed E-state index contributed by atoms with van der Waals surface area (Å²) in [5.41, 5.74) is 0.736. The van der Waals surface area contributed by atoms with E-state index in [4.69, 9.17) is 0 Å². The Balaban J connectivity index is 1.81. The zero-order valence-corrected chi connectivity index (χ0v) is 15.6. The first kappa shape index (κ1) is 17.8. The molecule has 2 aromatic heterocycles. The molecule has 2 aromatic rings. The van der Waals surface area contributed by atoms with Crippen LogP contribution in [-0.4, -0.2) is 48.7 Å². The zero-order valence-electron chi connectivity index (χ0n) is 14.0. The van der Waals surface area contributed by atoms with Gasteiger partial charge >= 0.3 is 0 Å². The van der Waals surface area contributed by atoms with E-state index in [0.29, 0.717) is 13.1 Å². The van der Waals surface area contributed by atoms with Crippen molar-refractivity contribution in [1.82, 2.24) is 13.8 Å². The molecule has 0 bridgehead atoms. The second kappa shape index (κ2) is 6.74. The Labute approximate surface area is 150 Å². The number of pyridine rings is 1. The van der Waals surface area contributed by atoms with Crippen LogP contribution in [0.2, 0.25) is 0 Å². The molecule has 0 saturated heterocycles. The van der Waals surface area contributed by atoms with E-state index in [-0.39, 0.29) is 17.3 Å². The Morgan fingerprint density at radius 3 is 2.76 bits per heavy atom. The summed E-state index contributed by atoms with van der Waals surface area (Å²) >= 11 is 1.69. The minimum atomic E-state index is -3.66. The molecule has 0 radical (unpaired) electrons. The van der Waals surface area contributed by atoms with E-state index in [9.17, 15) is 18.0 Å². The minimum Gasteiger partial charge on any atom is -0.336 e. The van der Waals surface area contributed by atoms with Crippen molar-refractivity contribution in [3.8, 4) is 0 Å². The van der Waals surface area contributed by atoms with Crippen LogP contribution < -0.4 is 5.56 Å². The van der Waals surface area contributed by atoms with Gasteiger partial charge in [-0.1, -0.05) is 0 Å². The van der Waals surface area contributed by atoms with Crippen molar-refractivity contribution >= 4 is 27.3 Å². The Bertz CT molecular complexity index is 960. The van der Waals surface area contributed by atoms with Gasteiger partial charge in [-0.15, -0.1) is 11.3 Å². The lowest BCUT2D eigenvalue weighted by atomic mass is 10.1. The van der Waals surface area contributed by atoms with Crippen LogP contribution >= 0.6 is 11.3 Å². The Morgan fingerprint density at radius 2 is 2.04 bits per heavy atom. The number of carbonyl (C=O) groups is 1. The van der Waals surface area contributed by atoms with E-state index < -0.39 is 15.6 Å². The molecule has 9 heteroatoms. The molecular formula is C16H19N3O4S2. The Morgan fingerprint density at radius 1 is 1.28 bits per heavy atom.